The number of rotatable bonds is 5. The fourth-order valence-electron chi connectivity index (χ4n) is 0.542. The van der Waals surface area contributed by atoms with Gasteiger partial charge in [0.2, 0.25) is 0 Å². The molecule has 3 nitrogen and oxygen atoms in total. The van der Waals surface area contributed by atoms with Crippen LogP contribution in [-0.4, -0.2) is 29.7 Å². The molecule has 0 aromatic heterocycles. The van der Waals surface area contributed by atoms with Gasteiger partial charge in [-0.3, -0.25) is 0 Å². The zero-order valence-electron chi connectivity index (χ0n) is 5.71. The zero-order valence-corrected chi connectivity index (χ0v) is 5.71. The lowest BCUT2D eigenvalue weighted by molar-refractivity contribution is -0.101. The summed E-state index contributed by atoms with van der Waals surface area (Å²) in [5.41, 5.74) is 0. The molecule has 0 aliphatic rings. The molecule has 1 atom stereocenters. The van der Waals surface area contributed by atoms with Gasteiger partial charge in [0, 0.05) is 19.6 Å². The summed E-state index contributed by atoms with van der Waals surface area (Å²) in [7, 11) is 0. The van der Waals surface area contributed by atoms with Crippen molar-refractivity contribution in [2.45, 2.75) is 26.1 Å². The number of aliphatic hydroxyl groups excluding tert-OH is 2. The minimum absolute atomic E-state index is 0.115. The van der Waals surface area contributed by atoms with Gasteiger partial charge in [-0.25, -0.2) is 0 Å². The van der Waals surface area contributed by atoms with Crippen molar-refractivity contribution in [1.29, 1.82) is 0 Å². The minimum Gasteiger partial charge on any atom is -0.396 e. The molecule has 0 radical (unpaired) electrons. The lowest BCUT2D eigenvalue weighted by atomic mass is 10.3. The van der Waals surface area contributed by atoms with Crippen LogP contribution in [0.4, 0.5) is 0 Å². The molecule has 0 spiro atoms. The van der Waals surface area contributed by atoms with Crippen LogP contribution >= 0.6 is 0 Å². The molecule has 0 aromatic carbocycles. The van der Waals surface area contributed by atoms with Gasteiger partial charge >= 0.3 is 0 Å². The van der Waals surface area contributed by atoms with Gasteiger partial charge < -0.3 is 14.9 Å². The molecule has 1 unspecified atom stereocenters. The number of hydrogen-bond donors (Lipinski definition) is 2. The Morgan fingerprint density at radius 3 is 2.67 bits per heavy atom. The molecule has 0 saturated carbocycles. The first kappa shape index (κ1) is 8.88. The quantitative estimate of drug-likeness (QED) is 0.525. The highest BCUT2D eigenvalue weighted by atomic mass is 16.6. The Labute approximate surface area is 55.3 Å². The highest BCUT2D eigenvalue weighted by Crippen LogP contribution is 1.96. The Morgan fingerprint density at radius 2 is 2.22 bits per heavy atom. The molecule has 0 aliphatic carbocycles. The molecule has 0 fully saturated rings. The zero-order chi connectivity index (χ0) is 7.11. The summed E-state index contributed by atoms with van der Waals surface area (Å²) in [6, 6.07) is 0. The van der Waals surface area contributed by atoms with Crippen molar-refractivity contribution in [3.63, 3.8) is 0 Å². The third-order valence-corrected chi connectivity index (χ3v) is 0.968. The van der Waals surface area contributed by atoms with Gasteiger partial charge in [0.1, 0.15) is 0 Å². The molecule has 9 heavy (non-hydrogen) atoms. The Balaban J connectivity index is 2.95. The molecule has 0 heterocycles. The highest BCUT2D eigenvalue weighted by Gasteiger charge is 1.99. The molecular weight excluding hydrogens is 120 g/mol. The van der Waals surface area contributed by atoms with Crippen molar-refractivity contribution < 1.29 is 14.9 Å². The number of hydrogen-bond acceptors (Lipinski definition) is 3. The van der Waals surface area contributed by atoms with Crippen molar-refractivity contribution in [3.8, 4) is 0 Å². The molecule has 56 valence electrons. The number of aliphatic hydroxyl groups is 2. The lowest BCUT2D eigenvalue weighted by Crippen LogP contribution is -2.11. The second-order valence-corrected chi connectivity index (χ2v) is 1.78. The van der Waals surface area contributed by atoms with Gasteiger partial charge in [0.05, 0.1) is 0 Å². The predicted octanol–water partition coefficient (Wildman–Crippen LogP) is 0.114. The average molecular weight is 134 g/mol. The topological polar surface area (TPSA) is 49.7 Å². The van der Waals surface area contributed by atoms with E-state index in [9.17, 15) is 0 Å². The minimum atomic E-state index is -0.692. The SMILES string of the molecule is CCOC(O)CCCO. The van der Waals surface area contributed by atoms with E-state index in [4.69, 9.17) is 14.9 Å². The second-order valence-electron chi connectivity index (χ2n) is 1.78. The third kappa shape index (κ3) is 5.76. The standard InChI is InChI=1S/C6H14O3/c1-2-9-6(8)4-3-5-7/h6-8H,2-5H2,1H3. The fraction of sp³-hybridized carbons (Fsp3) is 1.00. The smallest absolute Gasteiger partial charge is 0.154 e. The van der Waals surface area contributed by atoms with Crippen LogP contribution in [0.15, 0.2) is 0 Å². The molecule has 3 heteroatoms. The summed E-state index contributed by atoms with van der Waals surface area (Å²) >= 11 is 0. The number of ether oxygens (including phenoxy) is 1. The summed E-state index contributed by atoms with van der Waals surface area (Å²) in [5.74, 6) is 0. The van der Waals surface area contributed by atoms with Crippen LogP contribution in [0.1, 0.15) is 19.8 Å². The van der Waals surface area contributed by atoms with Gasteiger partial charge in [0.25, 0.3) is 0 Å². The first-order valence-corrected chi connectivity index (χ1v) is 3.21. The van der Waals surface area contributed by atoms with Crippen LogP contribution < -0.4 is 0 Å². The van der Waals surface area contributed by atoms with E-state index in [2.05, 4.69) is 0 Å². The normalized spacial score (nSPS) is 13.7. The third-order valence-electron chi connectivity index (χ3n) is 0.968. The molecule has 0 aromatic rings. The molecule has 0 aliphatic heterocycles. The monoisotopic (exact) mass is 134 g/mol. The maximum atomic E-state index is 8.85. The summed E-state index contributed by atoms with van der Waals surface area (Å²) in [6.07, 6.45) is 0.424. The molecule has 0 rings (SSSR count). The van der Waals surface area contributed by atoms with Gasteiger partial charge in [0.15, 0.2) is 6.29 Å². The first-order chi connectivity index (χ1) is 4.31. The average Bonchev–Trinajstić information content (AvgIpc) is 1.85. The second kappa shape index (κ2) is 6.01. The van der Waals surface area contributed by atoms with Crippen LogP contribution in [0.5, 0.6) is 0 Å². The maximum absolute atomic E-state index is 8.85. The van der Waals surface area contributed by atoms with Gasteiger partial charge in [-0.05, 0) is 13.3 Å². The maximum Gasteiger partial charge on any atom is 0.154 e. The van der Waals surface area contributed by atoms with Gasteiger partial charge in [-0.1, -0.05) is 0 Å². The summed E-state index contributed by atoms with van der Waals surface area (Å²) in [5, 5.41) is 17.2. The molecular formula is C6H14O3. The van der Waals surface area contributed by atoms with Crippen LogP contribution in [0.3, 0.4) is 0 Å². The summed E-state index contributed by atoms with van der Waals surface area (Å²) in [6.45, 7) is 2.46. The van der Waals surface area contributed by atoms with Crippen LogP contribution in [0.2, 0.25) is 0 Å². The lowest BCUT2D eigenvalue weighted by Gasteiger charge is -2.07. The van der Waals surface area contributed by atoms with E-state index in [0.29, 0.717) is 19.4 Å². The fourth-order valence-corrected chi connectivity index (χ4v) is 0.542. The first-order valence-electron chi connectivity index (χ1n) is 3.21. The van der Waals surface area contributed by atoms with Gasteiger partial charge in [-0.15, -0.1) is 0 Å². The van der Waals surface area contributed by atoms with Crippen molar-refractivity contribution in [1.82, 2.24) is 0 Å². The highest BCUT2D eigenvalue weighted by molar-refractivity contribution is 4.40. The Kier molecular flexibility index (Phi) is 5.93. The molecule has 2 N–H and O–H groups in total. The summed E-state index contributed by atoms with van der Waals surface area (Å²) in [4.78, 5) is 0. The molecule has 0 saturated heterocycles. The largest absolute Gasteiger partial charge is 0.396 e. The van der Waals surface area contributed by atoms with E-state index < -0.39 is 6.29 Å². The van der Waals surface area contributed by atoms with Crippen molar-refractivity contribution in [2.75, 3.05) is 13.2 Å². The van der Waals surface area contributed by atoms with E-state index in [0.717, 1.165) is 0 Å². The predicted molar refractivity (Wildman–Crippen MR) is 34.0 cm³/mol. The Hall–Kier alpha value is -0.120. The van der Waals surface area contributed by atoms with E-state index >= 15 is 0 Å². The Morgan fingerprint density at radius 1 is 1.56 bits per heavy atom. The van der Waals surface area contributed by atoms with Gasteiger partial charge in [-0.2, -0.15) is 0 Å². The van der Waals surface area contributed by atoms with E-state index in [1.165, 1.54) is 0 Å². The van der Waals surface area contributed by atoms with Crippen LogP contribution in [0.25, 0.3) is 0 Å². The van der Waals surface area contributed by atoms with Crippen LogP contribution in [-0.2, 0) is 4.74 Å². The van der Waals surface area contributed by atoms with E-state index in [1.807, 2.05) is 6.92 Å². The van der Waals surface area contributed by atoms with Crippen molar-refractivity contribution in [2.24, 2.45) is 0 Å². The van der Waals surface area contributed by atoms with Crippen LogP contribution in [0, 0.1) is 0 Å². The van der Waals surface area contributed by atoms with E-state index in [-0.39, 0.29) is 6.61 Å². The Bertz CT molecular complexity index is 56.3. The molecule has 0 bridgehead atoms. The van der Waals surface area contributed by atoms with Crippen molar-refractivity contribution >= 4 is 0 Å². The molecule has 0 amide bonds. The summed E-state index contributed by atoms with van der Waals surface area (Å²) < 4.78 is 4.79. The van der Waals surface area contributed by atoms with Crippen molar-refractivity contribution in [3.05, 3.63) is 0 Å². The van der Waals surface area contributed by atoms with E-state index in [1.54, 1.807) is 0 Å².